The number of nitrogens with zero attached hydrogens (tertiary/aromatic N) is 1. The molecule has 0 radical (unpaired) electrons. The van der Waals surface area contributed by atoms with Crippen LogP contribution in [0.1, 0.15) is 47.8 Å². The van der Waals surface area contributed by atoms with E-state index in [-0.39, 0.29) is 32.1 Å². The third-order valence-corrected chi connectivity index (χ3v) is 5.45. The van der Waals surface area contributed by atoms with Crippen LogP contribution in [-0.2, 0) is 9.59 Å². The number of nitrogens with one attached hydrogen (secondary N) is 2. The van der Waals surface area contributed by atoms with Gasteiger partial charge in [0.15, 0.2) is 0 Å². The normalized spacial score (nSPS) is 17.5. The molecule has 28 heavy (non-hydrogen) atoms. The zero-order valence-corrected chi connectivity index (χ0v) is 18.3. The molecule has 0 aromatic rings. The Balaban J connectivity index is 5.33. The van der Waals surface area contributed by atoms with Gasteiger partial charge >= 0.3 is 5.97 Å². The molecule has 0 saturated heterocycles. The van der Waals surface area contributed by atoms with Crippen molar-refractivity contribution in [2.75, 3.05) is 32.5 Å². The Morgan fingerprint density at radius 2 is 2.00 bits per heavy atom. The van der Waals surface area contributed by atoms with Gasteiger partial charge in [-0.05, 0) is 19.4 Å². The quantitative estimate of drug-likeness (QED) is 0.198. The Hall–Kier alpha value is -0.870. The zero-order valence-electron chi connectivity index (χ0n) is 18.4. The summed E-state index contributed by atoms with van der Waals surface area (Å²) in [5.41, 5.74) is 5.96. The number of aliphatic carboxylic acids is 1. The van der Waals surface area contributed by atoms with Gasteiger partial charge in [-0.2, -0.15) is 12.6 Å². The minimum Gasteiger partial charge on any atom is -0.480 e. The van der Waals surface area contributed by atoms with Crippen molar-refractivity contribution < 1.29 is 21.2 Å². The van der Waals surface area contributed by atoms with Crippen molar-refractivity contribution >= 4 is 24.5 Å². The predicted molar refractivity (Wildman–Crippen MR) is 116 cm³/mol. The predicted octanol–water partition coefficient (Wildman–Crippen LogP) is 0.300. The molecular formula is C19H40N4O4S. The number of aliphatic hydroxyl groups is 1. The molecule has 0 aromatic heterocycles. The van der Waals surface area contributed by atoms with E-state index in [0.717, 1.165) is 12.8 Å². The van der Waals surface area contributed by atoms with Crippen LogP contribution in [-0.4, -0.2) is 83.6 Å². The van der Waals surface area contributed by atoms with E-state index in [1.54, 1.807) is 4.90 Å². The molecule has 1 amide bonds. The molecule has 0 aromatic carbocycles. The van der Waals surface area contributed by atoms with Crippen molar-refractivity contribution in [3.63, 3.8) is 0 Å². The highest BCUT2D eigenvalue weighted by atomic mass is 32.1. The van der Waals surface area contributed by atoms with E-state index in [1.165, 1.54) is 0 Å². The highest BCUT2D eigenvalue weighted by Crippen LogP contribution is 2.13. The molecule has 0 bridgehead atoms. The second-order valence-corrected chi connectivity index (χ2v) is 7.70. The van der Waals surface area contributed by atoms with Crippen molar-refractivity contribution in [1.82, 2.24) is 15.5 Å². The molecule has 0 fully saturated rings. The number of likely N-dealkylation sites (N-methyl/N-ethyl adjacent to an activating group) is 1. The van der Waals surface area contributed by atoms with Crippen molar-refractivity contribution in [2.24, 2.45) is 11.7 Å². The standard InChI is InChI=1S/C19H40N4O4S/c1-5-7-17(18(25)22-15(8-9-24)19(26)27)23(4)11-16(13(3)6-2)21-10-14(20)12-28/h13-17,21,24,28H,5-12,20H2,1-4H3,(H,22,25)(H,26,27)/t13-,14+,15-,16+,17-/m0/s1/i4D. The number of carbonyl (C=O) groups excluding carboxylic acids is 1. The smallest absolute Gasteiger partial charge is 0.326 e. The number of amides is 1. The number of carboxylic acids is 1. The Morgan fingerprint density at radius 1 is 1.32 bits per heavy atom. The van der Waals surface area contributed by atoms with Crippen LogP contribution in [0.15, 0.2) is 0 Å². The summed E-state index contributed by atoms with van der Waals surface area (Å²) in [5, 5.41) is 24.3. The number of carbonyl (C=O) groups is 2. The van der Waals surface area contributed by atoms with Gasteiger partial charge in [0.05, 0.1) is 6.04 Å². The summed E-state index contributed by atoms with van der Waals surface area (Å²) in [4.78, 5) is 25.9. The highest BCUT2D eigenvalue weighted by molar-refractivity contribution is 7.80. The molecule has 0 heterocycles. The Bertz CT molecular complexity index is 475. The molecule has 0 saturated carbocycles. The van der Waals surface area contributed by atoms with Gasteiger partial charge < -0.3 is 26.6 Å². The maximum absolute atomic E-state index is 12.8. The van der Waals surface area contributed by atoms with Crippen LogP contribution in [0.5, 0.6) is 0 Å². The van der Waals surface area contributed by atoms with E-state index < -0.39 is 24.0 Å². The number of hydrogen-bond acceptors (Lipinski definition) is 7. The summed E-state index contributed by atoms with van der Waals surface area (Å²) >= 11 is 4.21. The molecule has 0 unspecified atom stereocenters. The fourth-order valence-electron chi connectivity index (χ4n) is 2.88. The Labute approximate surface area is 176 Å². The number of thiol groups is 1. The number of rotatable bonds is 16. The maximum Gasteiger partial charge on any atom is 0.326 e. The first-order valence-corrected chi connectivity index (χ1v) is 10.7. The molecule has 166 valence electrons. The first kappa shape index (κ1) is 25.2. The second kappa shape index (κ2) is 15.0. The van der Waals surface area contributed by atoms with E-state index >= 15 is 0 Å². The van der Waals surface area contributed by atoms with E-state index in [0.29, 0.717) is 31.2 Å². The average Bonchev–Trinajstić information content (AvgIpc) is 2.71. The summed E-state index contributed by atoms with van der Waals surface area (Å²) < 4.78 is 7.98. The summed E-state index contributed by atoms with van der Waals surface area (Å²) in [6.45, 7) is 6.89. The monoisotopic (exact) mass is 421 g/mol. The van der Waals surface area contributed by atoms with Gasteiger partial charge in [0.1, 0.15) is 6.04 Å². The van der Waals surface area contributed by atoms with Gasteiger partial charge in [-0.25, -0.2) is 4.79 Å². The fourth-order valence-corrected chi connectivity index (χ4v) is 3.01. The topological polar surface area (TPSA) is 128 Å². The van der Waals surface area contributed by atoms with Crippen LogP contribution in [0.4, 0.5) is 0 Å². The van der Waals surface area contributed by atoms with E-state index in [2.05, 4.69) is 37.1 Å². The number of nitrogens with two attached hydrogens (primary N) is 1. The van der Waals surface area contributed by atoms with Gasteiger partial charge in [0, 0.05) is 45.3 Å². The van der Waals surface area contributed by atoms with Crippen molar-refractivity contribution in [1.29, 1.82) is 0 Å². The van der Waals surface area contributed by atoms with Gasteiger partial charge in [0.2, 0.25) is 5.91 Å². The first-order chi connectivity index (χ1) is 13.7. The second-order valence-electron chi connectivity index (χ2n) is 7.33. The van der Waals surface area contributed by atoms with Crippen LogP contribution in [0.25, 0.3) is 0 Å². The van der Waals surface area contributed by atoms with Crippen molar-refractivity contribution in [3.05, 3.63) is 0 Å². The van der Waals surface area contributed by atoms with Crippen molar-refractivity contribution in [2.45, 2.75) is 70.6 Å². The largest absolute Gasteiger partial charge is 0.480 e. The molecule has 0 spiro atoms. The van der Waals surface area contributed by atoms with E-state index in [1.807, 2.05) is 6.92 Å². The highest BCUT2D eigenvalue weighted by Gasteiger charge is 2.29. The van der Waals surface area contributed by atoms with Gasteiger partial charge in [-0.1, -0.05) is 33.6 Å². The molecule has 0 aliphatic carbocycles. The van der Waals surface area contributed by atoms with Crippen LogP contribution in [0.3, 0.4) is 0 Å². The molecule has 8 nitrogen and oxygen atoms in total. The van der Waals surface area contributed by atoms with E-state index in [4.69, 9.17) is 12.2 Å². The molecule has 0 rings (SSSR count). The molecular weight excluding hydrogens is 380 g/mol. The summed E-state index contributed by atoms with van der Waals surface area (Å²) in [5.74, 6) is -0.734. The molecule has 0 aliphatic rings. The minimum absolute atomic E-state index is 0.0381. The number of carboxylic acid groups (broad SMARTS) is 1. The van der Waals surface area contributed by atoms with Crippen LogP contribution < -0.4 is 16.4 Å². The number of hydrogen-bond donors (Lipinski definition) is 6. The molecule has 9 heteroatoms. The zero-order chi connectivity index (χ0) is 22.4. The first-order valence-electron chi connectivity index (χ1n) is 10.7. The third kappa shape index (κ3) is 10.1. The SMILES string of the molecule is [2H]CN(C[C@@H](NC[C@@H](N)CS)[C@@H](C)CC)[C@@H](CCC)C(=O)N[C@@H](CCO)C(=O)O. The van der Waals surface area contributed by atoms with Crippen LogP contribution in [0.2, 0.25) is 0 Å². The van der Waals surface area contributed by atoms with Crippen LogP contribution in [0, 0.1) is 5.92 Å². The van der Waals surface area contributed by atoms with Gasteiger partial charge in [-0.15, -0.1) is 0 Å². The van der Waals surface area contributed by atoms with Crippen LogP contribution >= 0.6 is 12.6 Å². The third-order valence-electron chi connectivity index (χ3n) is 4.98. The summed E-state index contributed by atoms with van der Waals surface area (Å²) in [7, 11) is -0.0803. The Kier molecular flexibility index (Phi) is 13.5. The van der Waals surface area contributed by atoms with Gasteiger partial charge in [0.25, 0.3) is 0 Å². The molecule has 5 atom stereocenters. The van der Waals surface area contributed by atoms with Gasteiger partial charge in [-0.3, -0.25) is 9.69 Å². The lowest BCUT2D eigenvalue weighted by atomic mass is 9.97. The lowest BCUT2D eigenvalue weighted by Gasteiger charge is -2.34. The molecule has 0 aliphatic heterocycles. The maximum atomic E-state index is 12.8. The summed E-state index contributed by atoms with van der Waals surface area (Å²) in [6, 6.07) is -1.80. The summed E-state index contributed by atoms with van der Waals surface area (Å²) in [6.07, 6.45) is 2.11. The molecule has 6 N–H and O–H groups in total. The Morgan fingerprint density at radius 3 is 2.46 bits per heavy atom. The number of aliphatic hydroxyl groups excluding tert-OH is 1. The van der Waals surface area contributed by atoms with Crippen molar-refractivity contribution in [3.8, 4) is 0 Å². The van der Waals surface area contributed by atoms with E-state index in [9.17, 15) is 14.7 Å². The fraction of sp³-hybridized carbons (Fsp3) is 0.895. The minimum atomic E-state index is -1.18. The lowest BCUT2D eigenvalue weighted by molar-refractivity contribution is -0.143. The average molecular weight is 422 g/mol. The lowest BCUT2D eigenvalue weighted by Crippen LogP contribution is -2.55.